The number of thioether (sulfide) groups is 1. The highest BCUT2D eigenvalue weighted by atomic mass is 127. The maximum Gasteiger partial charge on any atom is 0.191 e. The number of guanidine groups is 1. The highest BCUT2D eigenvalue weighted by molar-refractivity contribution is 14.0. The first-order valence-electron chi connectivity index (χ1n) is 6.95. The molecule has 0 aromatic rings. The van der Waals surface area contributed by atoms with Crippen LogP contribution in [0.4, 0.5) is 0 Å². The lowest BCUT2D eigenvalue weighted by atomic mass is 9.98. The van der Waals surface area contributed by atoms with Gasteiger partial charge in [-0.3, -0.25) is 4.99 Å². The minimum Gasteiger partial charge on any atom is -0.375 e. The quantitative estimate of drug-likeness (QED) is 0.426. The number of aliphatic imine (C=N–C) groups is 1. The summed E-state index contributed by atoms with van der Waals surface area (Å²) in [5, 5.41) is 0. The maximum atomic E-state index is 6.14. The van der Waals surface area contributed by atoms with E-state index in [1.165, 1.54) is 12.2 Å². The van der Waals surface area contributed by atoms with E-state index in [1.54, 1.807) is 0 Å². The van der Waals surface area contributed by atoms with Crippen molar-refractivity contribution in [1.82, 2.24) is 9.80 Å². The molecule has 20 heavy (non-hydrogen) atoms. The SMILES string of the molecule is CC1CN(C(N)=NCC2(N(C)C)CCSC2)CCO1.I. The van der Waals surface area contributed by atoms with E-state index < -0.39 is 0 Å². The molecule has 7 heteroatoms. The molecule has 0 radical (unpaired) electrons. The molecule has 0 aliphatic carbocycles. The summed E-state index contributed by atoms with van der Waals surface area (Å²) in [4.78, 5) is 9.12. The summed E-state index contributed by atoms with van der Waals surface area (Å²) < 4.78 is 5.53. The first kappa shape index (κ1) is 18.3. The van der Waals surface area contributed by atoms with Crippen molar-refractivity contribution in [1.29, 1.82) is 0 Å². The zero-order valence-corrected chi connectivity index (χ0v) is 15.8. The van der Waals surface area contributed by atoms with Gasteiger partial charge in [-0.05, 0) is 33.2 Å². The Morgan fingerprint density at radius 3 is 2.85 bits per heavy atom. The second-order valence-corrected chi connectivity index (χ2v) is 6.83. The first-order chi connectivity index (χ1) is 9.03. The number of hydrogen-bond donors (Lipinski definition) is 1. The van der Waals surface area contributed by atoms with Gasteiger partial charge in [0, 0.05) is 24.4 Å². The predicted molar refractivity (Wildman–Crippen MR) is 97.3 cm³/mol. The Hall–Kier alpha value is 0.270. The molecular weight excluding hydrogens is 387 g/mol. The van der Waals surface area contributed by atoms with Gasteiger partial charge in [0.25, 0.3) is 0 Å². The predicted octanol–water partition coefficient (Wildman–Crippen LogP) is 1.08. The molecule has 5 nitrogen and oxygen atoms in total. The molecule has 0 aromatic carbocycles. The third-order valence-corrected chi connectivity index (χ3v) is 5.37. The molecule has 118 valence electrons. The zero-order chi connectivity index (χ0) is 13.9. The van der Waals surface area contributed by atoms with E-state index >= 15 is 0 Å². The molecule has 2 atom stereocenters. The summed E-state index contributed by atoms with van der Waals surface area (Å²) in [7, 11) is 4.29. The number of hydrogen-bond acceptors (Lipinski definition) is 4. The van der Waals surface area contributed by atoms with Crippen molar-refractivity contribution in [3.05, 3.63) is 0 Å². The maximum absolute atomic E-state index is 6.14. The molecule has 2 aliphatic rings. The van der Waals surface area contributed by atoms with Crippen LogP contribution in [0.25, 0.3) is 0 Å². The van der Waals surface area contributed by atoms with Crippen molar-refractivity contribution < 1.29 is 4.74 Å². The lowest BCUT2D eigenvalue weighted by Crippen LogP contribution is -2.50. The molecule has 2 fully saturated rings. The van der Waals surface area contributed by atoms with Crippen LogP contribution >= 0.6 is 35.7 Å². The normalized spacial score (nSPS) is 31.5. The fourth-order valence-electron chi connectivity index (χ4n) is 2.57. The van der Waals surface area contributed by atoms with Gasteiger partial charge in [-0.2, -0.15) is 11.8 Å². The van der Waals surface area contributed by atoms with Crippen molar-refractivity contribution in [3.8, 4) is 0 Å². The molecule has 0 amide bonds. The van der Waals surface area contributed by atoms with Gasteiger partial charge in [-0.1, -0.05) is 0 Å². The van der Waals surface area contributed by atoms with E-state index in [9.17, 15) is 0 Å². The number of nitrogens with zero attached hydrogens (tertiary/aromatic N) is 3. The van der Waals surface area contributed by atoms with Crippen LogP contribution in [0.1, 0.15) is 13.3 Å². The molecule has 0 spiro atoms. The van der Waals surface area contributed by atoms with Gasteiger partial charge < -0.3 is 20.3 Å². The third-order valence-electron chi connectivity index (χ3n) is 4.13. The summed E-state index contributed by atoms with van der Waals surface area (Å²) in [6.45, 7) is 5.31. The van der Waals surface area contributed by atoms with Gasteiger partial charge in [-0.15, -0.1) is 24.0 Å². The minimum atomic E-state index is 0. The largest absolute Gasteiger partial charge is 0.375 e. The Labute approximate surface area is 143 Å². The van der Waals surface area contributed by atoms with Crippen LogP contribution < -0.4 is 5.73 Å². The zero-order valence-electron chi connectivity index (χ0n) is 12.7. The van der Waals surface area contributed by atoms with Gasteiger partial charge in [0.1, 0.15) is 0 Å². The highest BCUT2D eigenvalue weighted by Gasteiger charge is 2.36. The molecule has 2 aliphatic heterocycles. The average molecular weight is 414 g/mol. The smallest absolute Gasteiger partial charge is 0.191 e. The lowest BCUT2D eigenvalue weighted by molar-refractivity contribution is 0.00521. The molecule has 2 rings (SSSR count). The molecule has 0 saturated carbocycles. The van der Waals surface area contributed by atoms with Crippen LogP contribution in [0.5, 0.6) is 0 Å². The number of morpholine rings is 1. The number of rotatable bonds is 3. The van der Waals surface area contributed by atoms with Gasteiger partial charge >= 0.3 is 0 Å². The van der Waals surface area contributed by atoms with Gasteiger partial charge in [-0.25, -0.2) is 0 Å². The van der Waals surface area contributed by atoms with Gasteiger partial charge in [0.15, 0.2) is 5.96 Å². The van der Waals surface area contributed by atoms with E-state index in [4.69, 9.17) is 10.5 Å². The second kappa shape index (κ2) is 8.05. The molecule has 2 heterocycles. The van der Waals surface area contributed by atoms with Crippen molar-refractivity contribution in [2.45, 2.75) is 25.0 Å². The van der Waals surface area contributed by atoms with Crippen molar-refractivity contribution in [2.75, 3.05) is 51.8 Å². The van der Waals surface area contributed by atoms with Crippen molar-refractivity contribution in [3.63, 3.8) is 0 Å². The number of nitrogens with two attached hydrogens (primary N) is 1. The summed E-state index contributed by atoms with van der Waals surface area (Å²) in [6.07, 6.45) is 1.44. The van der Waals surface area contributed by atoms with Crippen LogP contribution in [0.3, 0.4) is 0 Å². The van der Waals surface area contributed by atoms with Crippen molar-refractivity contribution >= 4 is 41.7 Å². The summed E-state index contributed by atoms with van der Waals surface area (Å²) in [6, 6.07) is 0. The van der Waals surface area contributed by atoms with E-state index in [1.807, 2.05) is 11.8 Å². The fourth-order valence-corrected chi connectivity index (χ4v) is 4.11. The Bertz CT molecular complexity index is 334. The van der Waals surface area contributed by atoms with Crippen LogP contribution in [-0.2, 0) is 4.74 Å². The molecule has 0 bridgehead atoms. The fraction of sp³-hybridized carbons (Fsp3) is 0.923. The van der Waals surface area contributed by atoms with Crippen LogP contribution in [0, 0.1) is 0 Å². The Morgan fingerprint density at radius 1 is 1.55 bits per heavy atom. The summed E-state index contributed by atoms with van der Waals surface area (Å²) in [5.41, 5.74) is 6.33. The van der Waals surface area contributed by atoms with Gasteiger partial charge in [0.05, 0.1) is 19.3 Å². The molecule has 2 saturated heterocycles. The van der Waals surface area contributed by atoms with Crippen molar-refractivity contribution in [2.24, 2.45) is 10.7 Å². The lowest BCUT2D eigenvalue weighted by Gasteiger charge is -2.35. The van der Waals surface area contributed by atoms with E-state index in [0.717, 1.165) is 32.0 Å². The number of likely N-dealkylation sites (N-methyl/N-ethyl adjacent to an activating group) is 1. The standard InChI is InChI=1S/C13H26N4OS.HI/c1-11-8-17(5-6-18-11)12(14)15-9-13(16(2)3)4-7-19-10-13;/h11H,4-10H2,1-3H3,(H2,14,15);1H. The van der Waals surface area contributed by atoms with Crippen LogP contribution in [0.2, 0.25) is 0 Å². The van der Waals surface area contributed by atoms with E-state index in [2.05, 4.69) is 35.8 Å². The average Bonchev–Trinajstić information content (AvgIpc) is 2.86. The molecule has 2 N–H and O–H groups in total. The first-order valence-corrected chi connectivity index (χ1v) is 8.11. The molecular formula is C13H27IN4OS. The Morgan fingerprint density at radius 2 is 2.30 bits per heavy atom. The summed E-state index contributed by atoms with van der Waals surface area (Å²) in [5.74, 6) is 3.05. The molecule has 0 aromatic heterocycles. The monoisotopic (exact) mass is 414 g/mol. The third kappa shape index (κ3) is 4.38. The van der Waals surface area contributed by atoms with Gasteiger partial charge in [0.2, 0.25) is 0 Å². The number of ether oxygens (including phenoxy) is 1. The Kier molecular flexibility index (Phi) is 7.37. The summed E-state index contributed by atoms with van der Waals surface area (Å²) >= 11 is 2.01. The number of halogens is 1. The van der Waals surface area contributed by atoms with E-state index in [-0.39, 0.29) is 35.6 Å². The Balaban J connectivity index is 0.00000200. The minimum absolute atomic E-state index is 0. The van der Waals surface area contributed by atoms with Crippen LogP contribution in [0.15, 0.2) is 4.99 Å². The van der Waals surface area contributed by atoms with Crippen LogP contribution in [-0.4, -0.2) is 79.2 Å². The van der Waals surface area contributed by atoms with E-state index in [0.29, 0.717) is 5.96 Å². The topological polar surface area (TPSA) is 54.1 Å². The second-order valence-electron chi connectivity index (χ2n) is 5.72. The molecule has 2 unspecified atom stereocenters. The highest BCUT2D eigenvalue weighted by Crippen LogP contribution is 2.32.